The fourth-order valence-electron chi connectivity index (χ4n) is 2.91. The lowest BCUT2D eigenvalue weighted by molar-refractivity contribution is -0.138. The average molecular weight is 409 g/mol. The predicted octanol–water partition coefficient (Wildman–Crippen LogP) is 5.29. The van der Waals surface area contributed by atoms with Crippen LogP contribution in [0.15, 0.2) is 59.6 Å². The van der Waals surface area contributed by atoms with E-state index in [0.29, 0.717) is 5.56 Å². The number of benzene rings is 2. The number of pyridine rings is 1. The number of aromatic nitrogens is 1. The first kappa shape index (κ1) is 20.0. The van der Waals surface area contributed by atoms with E-state index < -0.39 is 32.3 Å². The first-order valence-corrected chi connectivity index (χ1v) is 10.0. The SMILES string of the molecule is Cc1ccc(-c2cccnc2-c2ccc(S(C)(=O)=O)c(F)c2)cc1C(F)(F)F. The molecule has 1 heterocycles. The van der Waals surface area contributed by atoms with Gasteiger partial charge in [-0.25, -0.2) is 12.8 Å². The Kier molecular flexibility index (Phi) is 5.01. The molecule has 0 amide bonds. The number of halogens is 4. The van der Waals surface area contributed by atoms with Gasteiger partial charge in [-0.2, -0.15) is 13.2 Å². The fraction of sp³-hybridized carbons (Fsp3) is 0.150. The van der Waals surface area contributed by atoms with Crippen LogP contribution in [-0.4, -0.2) is 19.7 Å². The Morgan fingerprint density at radius 3 is 2.25 bits per heavy atom. The Bertz CT molecular complexity index is 1160. The van der Waals surface area contributed by atoms with E-state index in [2.05, 4.69) is 4.98 Å². The zero-order chi connectivity index (χ0) is 20.7. The summed E-state index contributed by atoms with van der Waals surface area (Å²) in [6.45, 7) is 1.37. The molecule has 0 N–H and O–H groups in total. The molecule has 0 saturated heterocycles. The van der Waals surface area contributed by atoms with Crippen LogP contribution in [0.2, 0.25) is 0 Å². The van der Waals surface area contributed by atoms with Gasteiger partial charge in [-0.15, -0.1) is 0 Å². The Morgan fingerprint density at radius 2 is 1.64 bits per heavy atom. The van der Waals surface area contributed by atoms with Gasteiger partial charge in [0.1, 0.15) is 10.7 Å². The maximum absolute atomic E-state index is 14.3. The first-order valence-electron chi connectivity index (χ1n) is 8.11. The highest BCUT2D eigenvalue weighted by Crippen LogP contribution is 2.37. The van der Waals surface area contributed by atoms with Crippen LogP contribution in [0.1, 0.15) is 11.1 Å². The summed E-state index contributed by atoms with van der Waals surface area (Å²) in [6.07, 6.45) is -2.19. The van der Waals surface area contributed by atoms with E-state index in [1.807, 2.05) is 0 Å². The molecule has 0 aliphatic heterocycles. The molecule has 8 heteroatoms. The van der Waals surface area contributed by atoms with Crippen LogP contribution in [0.25, 0.3) is 22.4 Å². The van der Waals surface area contributed by atoms with Crippen molar-refractivity contribution >= 4 is 9.84 Å². The van der Waals surface area contributed by atoms with Gasteiger partial charge >= 0.3 is 6.18 Å². The monoisotopic (exact) mass is 409 g/mol. The summed E-state index contributed by atoms with van der Waals surface area (Å²) in [4.78, 5) is 3.72. The van der Waals surface area contributed by atoms with Gasteiger partial charge in [0.2, 0.25) is 0 Å². The van der Waals surface area contributed by atoms with Gasteiger partial charge in [-0.05, 0) is 42.3 Å². The highest BCUT2D eigenvalue weighted by molar-refractivity contribution is 7.90. The molecule has 3 rings (SSSR count). The molecule has 0 bridgehead atoms. The molecule has 2 aromatic carbocycles. The molecule has 28 heavy (non-hydrogen) atoms. The molecule has 0 aliphatic carbocycles. The van der Waals surface area contributed by atoms with Crippen molar-refractivity contribution in [2.24, 2.45) is 0 Å². The van der Waals surface area contributed by atoms with E-state index in [-0.39, 0.29) is 22.4 Å². The summed E-state index contributed by atoms with van der Waals surface area (Å²) < 4.78 is 77.2. The van der Waals surface area contributed by atoms with Crippen molar-refractivity contribution in [1.29, 1.82) is 0 Å². The van der Waals surface area contributed by atoms with Crippen LogP contribution >= 0.6 is 0 Å². The Balaban J connectivity index is 2.18. The van der Waals surface area contributed by atoms with Crippen molar-refractivity contribution in [3.63, 3.8) is 0 Å². The Morgan fingerprint density at radius 1 is 0.964 bits per heavy atom. The molecule has 0 aliphatic rings. The fourth-order valence-corrected chi connectivity index (χ4v) is 3.64. The molecule has 1 aromatic heterocycles. The summed E-state index contributed by atoms with van der Waals surface area (Å²) in [5, 5.41) is 0. The third-order valence-electron chi connectivity index (χ3n) is 4.27. The van der Waals surface area contributed by atoms with Crippen molar-refractivity contribution in [2.45, 2.75) is 18.0 Å². The first-order chi connectivity index (χ1) is 13.0. The van der Waals surface area contributed by atoms with Crippen LogP contribution in [0.3, 0.4) is 0 Å². The zero-order valence-corrected chi connectivity index (χ0v) is 15.7. The van der Waals surface area contributed by atoms with Crippen molar-refractivity contribution in [3.8, 4) is 22.4 Å². The summed E-state index contributed by atoms with van der Waals surface area (Å²) in [5.41, 5.74) is 0.477. The largest absolute Gasteiger partial charge is 0.416 e. The molecule has 0 fully saturated rings. The standard InChI is InChI=1S/C20H15F4NO2S/c1-12-5-6-13(10-16(12)20(22,23)24)15-4-3-9-25-19(15)14-7-8-18(17(21)11-14)28(2,26)27/h3-11H,1-2H3. The Hall–Kier alpha value is -2.74. The van der Waals surface area contributed by atoms with Crippen LogP contribution in [0.5, 0.6) is 0 Å². The van der Waals surface area contributed by atoms with E-state index in [1.54, 1.807) is 12.1 Å². The van der Waals surface area contributed by atoms with E-state index >= 15 is 0 Å². The number of aryl methyl sites for hydroxylation is 1. The van der Waals surface area contributed by atoms with Gasteiger partial charge < -0.3 is 0 Å². The van der Waals surface area contributed by atoms with Crippen LogP contribution in [0.4, 0.5) is 17.6 Å². The van der Waals surface area contributed by atoms with E-state index in [9.17, 15) is 26.0 Å². The lowest BCUT2D eigenvalue weighted by Gasteiger charge is -2.14. The van der Waals surface area contributed by atoms with Gasteiger partial charge in [0.05, 0.1) is 11.3 Å². The quantitative estimate of drug-likeness (QED) is 0.553. The van der Waals surface area contributed by atoms with Crippen molar-refractivity contribution in [3.05, 3.63) is 71.7 Å². The van der Waals surface area contributed by atoms with E-state index in [1.165, 1.54) is 31.3 Å². The molecule has 0 saturated carbocycles. The van der Waals surface area contributed by atoms with Crippen LogP contribution in [0, 0.1) is 12.7 Å². The van der Waals surface area contributed by atoms with Gasteiger partial charge in [0.25, 0.3) is 0 Å². The molecule has 0 unspecified atom stereocenters. The number of alkyl halides is 3. The number of hydrogen-bond donors (Lipinski definition) is 0. The molecule has 0 atom stereocenters. The van der Waals surface area contributed by atoms with Crippen molar-refractivity contribution in [1.82, 2.24) is 4.98 Å². The van der Waals surface area contributed by atoms with Gasteiger partial charge in [0, 0.05) is 23.6 Å². The molecule has 0 spiro atoms. The minimum absolute atomic E-state index is 0.0882. The zero-order valence-electron chi connectivity index (χ0n) is 14.9. The molecule has 146 valence electrons. The second-order valence-corrected chi connectivity index (χ2v) is 8.33. The average Bonchev–Trinajstić information content (AvgIpc) is 2.60. The van der Waals surface area contributed by atoms with E-state index in [4.69, 9.17) is 0 Å². The maximum Gasteiger partial charge on any atom is 0.416 e. The molecule has 0 radical (unpaired) electrons. The van der Waals surface area contributed by atoms with Crippen LogP contribution < -0.4 is 0 Å². The third-order valence-corrected chi connectivity index (χ3v) is 5.40. The minimum Gasteiger partial charge on any atom is -0.256 e. The summed E-state index contributed by atoms with van der Waals surface area (Å²) in [5.74, 6) is -0.948. The molecular weight excluding hydrogens is 394 g/mol. The molecule has 3 aromatic rings. The second-order valence-electron chi connectivity index (χ2n) is 6.34. The molecule has 3 nitrogen and oxygen atoms in total. The third kappa shape index (κ3) is 3.91. The lowest BCUT2D eigenvalue weighted by atomic mass is 9.96. The number of hydrogen-bond acceptors (Lipinski definition) is 3. The highest BCUT2D eigenvalue weighted by atomic mass is 32.2. The van der Waals surface area contributed by atoms with Crippen LogP contribution in [-0.2, 0) is 16.0 Å². The number of rotatable bonds is 3. The van der Waals surface area contributed by atoms with Crippen molar-refractivity contribution < 1.29 is 26.0 Å². The van der Waals surface area contributed by atoms with Gasteiger partial charge in [0.15, 0.2) is 9.84 Å². The lowest BCUT2D eigenvalue weighted by Crippen LogP contribution is -2.07. The number of sulfone groups is 1. The van der Waals surface area contributed by atoms with E-state index in [0.717, 1.165) is 24.5 Å². The number of nitrogens with zero attached hydrogens (tertiary/aromatic N) is 1. The summed E-state index contributed by atoms with van der Waals surface area (Å²) >= 11 is 0. The van der Waals surface area contributed by atoms with Crippen molar-refractivity contribution in [2.75, 3.05) is 6.26 Å². The second kappa shape index (κ2) is 7.01. The van der Waals surface area contributed by atoms with Gasteiger partial charge in [-0.3, -0.25) is 4.98 Å². The summed E-state index contributed by atoms with van der Waals surface area (Å²) in [7, 11) is -3.74. The topological polar surface area (TPSA) is 47.0 Å². The Labute approximate surface area is 159 Å². The normalized spacial score (nSPS) is 12.2. The highest BCUT2D eigenvalue weighted by Gasteiger charge is 2.32. The molecular formula is C20H15F4NO2S. The maximum atomic E-state index is 14.3. The van der Waals surface area contributed by atoms with Gasteiger partial charge in [-0.1, -0.05) is 24.3 Å². The summed E-state index contributed by atoms with van der Waals surface area (Å²) in [6, 6.07) is 10.6. The predicted molar refractivity (Wildman–Crippen MR) is 97.9 cm³/mol. The smallest absolute Gasteiger partial charge is 0.256 e. The minimum atomic E-state index is -4.51.